The Morgan fingerprint density at radius 1 is 1.30 bits per heavy atom. The molecule has 0 bridgehead atoms. The summed E-state index contributed by atoms with van der Waals surface area (Å²) in [5, 5.41) is 19.6. The normalized spacial score (nSPS) is 17.0. The van der Waals surface area contributed by atoms with E-state index in [1.807, 2.05) is 4.68 Å². The van der Waals surface area contributed by atoms with Gasteiger partial charge in [-0.2, -0.15) is 16.9 Å². The fourth-order valence-electron chi connectivity index (χ4n) is 3.48. The largest absolute Gasteiger partial charge is 0.376 e. The zero-order valence-electron chi connectivity index (χ0n) is 15.3. The van der Waals surface area contributed by atoms with Crippen LogP contribution in [0.25, 0.3) is 0 Å². The Bertz CT molecular complexity index is 790. The smallest absolute Gasteiger partial charge is 0.271 e. The van der Waals surface area contributed by atoms with Crippen LogP contribution in [0.15, 0.2) is 12.3 Å². The molecule has 0 atom stereocenters. The molecular weight excluding hydrogens is 364 g/mol. The molecule has 1 saturated carbocycles. The SMILES string of the molecule is O=C(NCCSCc1cn(C2CCCC2)nn1)c1cc2c(nn1)CCOC2. The molecule has 3 heterocycles. The lowest BCUT2D eigenvalue weighted by atomic mass is 10.1. The molecule has 0 radical (unpaired) electrons. The van der Waals surface area contributed by atoms with Gasteiger partial charge in [-0.3, -0.25) is 4.79 Å². The molecular formula is C18H24N6O2S. The molecule has 0 saturated heterocycles. The van der Waals surface area contributed by atoms with E-state index in [-0.39, 0.29) is 5.91 Å². The van der Waals surface area contributed by atoms with Crippen molar-refractivity contribution in [1.82, 2.24) is 30.5 Å². The van der Waals surface area contributed by atoms with Crippen LogP contribution in [0, 0.1) is 0 Å². The highest BCUT2D eigenvalue weighted by Gasteiger charge is 2.18. The van der Waals surface area contributed by atoms with E-state index in [1.165, 1.54) is 25.7 Å². The number of amides is 1. The van der Waals surface area contributed by atoms with Gasteiger partial charge in [0.25, 0.3) is 5.91 Å². The zero-order chi connectivity index (χ0) is 18.5. The number of hydrogen-bond donors (Lipinski definition) is 1. The van der Waals surface area contributed by atoms with Crippen LogP contribution in [0.1, 0.15) is 59.2 Å². The summed E-state index contributed by atoms with van der Waals surface area (Å²) >= 11 is 1.74. The summed E-state index contributed by atoms with van der Waals surface area (Å²) in [4.78, 5) is 12.2. The van der Waals surface area contributed by atoms with Crippen molar-refractivity contribution >= 4 is 17.7 Å². The van der Waals surface area contributed by atoms with E-state index in [1.54, 1.807) is 17.8 Å². The Morgan fingerprint density at radius 2 is 2.19 bits per heavy atom. The lowest BCUT2D eigenvalue weighted by molar-refractivity contribution is 0.0945. The third-order valence-electron chi connectivity index (χ3n) is 4.97. The first-order valence-electron chi connectivity index (χ1n) is 9.49. The van der Waals surface area contributed by atoms with Crippen molar-refractivity contribution in [3.8, 4) is 0 Å². The van der Waals surface area contributed by atoms with Crippen molar-refractivity contribution in [3.05, 3.63) is 34.9 Å². The molecule has 2 aliphatic rings. The van der Waals surface area contributed by atoms with Crippen LogP contribution in [-0.4, -0.2) is 50.0 Å². The molecule has 4 rings (SSSR count). The van der Waals surface area contributed by atoms with Gasteiger partial charge in [0, 0.05) is 36.2 Å². The van der Waals surface area contributed by atoms with Crippen molar-refractivity contribution < 1.29 is 9.53 Å². The summed E-state index contributed by atoms with van der Waals surface area (Å²) in [6, 6.07) is 2.31. The van der Waals surface area contributed by atoms with Gasteiger partial charge in [-0.15, -0.1) is 10.2 Å². The number of carbonyl (C=O) groups excluding carboxylic acids is 1. The van der Waals surface area contributed by atoms with Crippen molar-refractivity contribution in [2.24, 2.45) is 0 Å². The fourth-order valence-corrected chi connectivity index (χ4v) is 4.22. The van der Waals surface area contributed by atoms with Crippen LogP contribution in [0.4, 0.5) is 0 Å². The molecule has 8 nitrogen and oxygen atoms in total. The Hall–Kier alpha value is -2.00. The minimum Gasteiger partial charge on any atom is -0.376 e. The van der Waals surface area contributed by atoms with Gasteiger partial charge in [-0.1, -0.05) is 18.1 Å². The highest BCUT2D eigenvalue weighted by molar-refractivity contribution is 7.98. The second kappa shape index (κ2) is 8.79. The maximum Gasteiger partial charge on any atom is 0.271 e. The summed E-state index contributed by atoms with van der Waals surface area (Å²) in [6.07, 6.45) is 7.81. The standard InChI is InChI=1S/C18H24N6O2S/c25-18(17-9-13-11-26-7-5-16(13)21-22-17)19-6-8-27-12-14-10-24(23-20-14)15-3-1-2-4-15/h9-10,15H,1-8,11-12H2,(H,19,25). The van der Waals surface area contributed by atoms with E-state index >= 15 is 0 Å². The van der Waals surface area contributed by atoms with Gasteiger partial charge in [0.15, 0.2) is 5.69 Å². The number of carbonyl (C=O) groups is 1. The summed E-state index contributed by atoms with van der Waals surface area (Å²) in [5.41, 5.74) is 3.24. The fraction of sp³-hybridized carbons (Fsp3) is 0.611. The average Bonchev–Trinajstić information content (AvgIpc) is 3.39. The van der Waals surface area contributed by atoms with Gasteiger partial charge in [0.1, 0.15) is 0 Å². The molecule has 9 heteroatoms. The van der Waals surface area contributed by atoms with Gasteiger partial charge in [-0.25, -0.2) is 4.68 Å². The molecule has 0 aromatic carbocycles. The van der Waals surface area contributed by atoms with Crippen LogP contribution in [0.2, 0.25) is 0 Å². The number of ether oxygens (including phenoxy) is 1. The van der Waals surface area contributed by atoms with Crippen molar-refractivity contribution in [3.63, 3.8) is 0 Å². The van der Waals surface area contributed by atoms with Crippen LogP contribution in [-0.2, 0) is 23.5 Å². The first kappa shape index (κ1) is 18.4. The van der Waals surface area contributed by atoms with Gasteiger partial charge in [0.2, 0.25) is 0 Å². The quantitative estimate of drug-likeness (QED) is 0.724. The first-order chi connectivity index (χ1) is 13.3. The minimum absolute atomic E-state index is 0.191. The van der Waals surface area contributed by atoms with E-state index in [9.17, 15) is 4.79 Å². The molecule has 1 fully saturated rings. The topological polar surface area (TPSA) is 94.8 Å². The molecule has 0 unspecified atom stereocenters. The highest BCUT2D eigenvalue weighted by atomic mass is 32.2. The molecule has 27 heavy (non-hydrogen) atoms. The van der Waals surface area contributed by atoms with E-state index in [0.717, 1.165) is 34.9 Å². The number of nitrogens with one attached hydrogen (secondary N) is 1. The minimum atomic E-state index is -0.191. The Labute approximate surface area is 162 Å². The zero-order valence-corrected chi connectivity index (χ0v) is 16.1. The van der Waals surface area contributed by atoms with Gasteiger partial charge < -0.3 is 10.1 Å². The predicted molar refractivity (Wildman–Crippen MR) is 101 cm³/mol. The Kier molecular flexibility index (Phi) is 5.98. The lowest BCUT2D eigenvalue weighted by Crippen LogP contribution is -2.27. The third kappa shape index (κ3) is 4.65. The van der Waals surface area contributed by atoms with Gasteiger partial charge in [0.05, 0.1) is 30.6 Å². The summed E-state index contributed by atoms with van der Waals surface area (Å²) in [6.45, 7) is 1.75. The van der Waals surface area contributed by atoms with E-state index in [4.69, 9.17) is 4.74 Å². The van der Waals surface area contributed by atoms with Crippen molar-refractivity contribution in [2.45, 2.75) is 50.5 Å². The maximum atomic E-state index is 12.2. The summed E-state index contributed by atoms with van der Waals surface area (Å²) in [5.74, 6) is 1.42. The van der Waals surface area contributed by atoms with Crippen LogP contribution in [0.5, 0.6) is 0 Å². The first-order valence-corrected chi connectivity index (χ1v) is 10.6. The molecule has 2 aromatic heterocycles. The van der Waals surface area contributed by atoms with E-state index in [0.29, 0.717) is 31.5 Å². The number of nitrogens with zero attached hydrogens (tertiary/aromatic N) is 5. The van der Waals surface area contributed by atoms with Crippen molar-refractivity contribution in [1.29, 1.82) is 0 Å². The second-order valence-corrected chi connectivity index (χ2v) is 8.05. The summed E-state index contributed by atoms with van der Waals surface area (Å²) in [7, 11) is 0. The number of fused-ring (bicyclic) bond motifs is 1. The molecule has 1 N–H and O–H groups in total. The number of aromatic nitrogens is 5. The number of thioether (sulfide) groups is 1. The number of rotatable bonds is 7. The average molecular weight is 388 g/mol. The maximum absolute atomic E-state index is 12.2. The Balaban J connectivity index is 1.18. The van der Waals surface area contributed by atoms with Crippen LogP contribution < -0.4 is 5.32 Å². The number of hydrogen-bond acceptors (Lipinski definition) is 7. The molecule has 1 amide bonds. The highest BCUT2D eigenvalue weighted by Crippen LogP contribution is 2.28. The van der Waals surface area contributed by atoms with Gasteiger partial charge >= 0.3 is 0 Å². The third-order valence-corrected chi connectivity index (χ3v) is 5.96. The van der Waals surface area contributed by atoms with Crippen molar-refractivity contribution in [2.75, 3.05) is 18.9 Å². The van der Waals surface area contributed by atoms with E-state index < -0.39 is 0 Å². The van der Waals surface area contributed by atoms with E-state index in [2.05, 4.69) is 32.0 Å². The van der Waals surface area contributed by atoms with Crippen LogP contribution in [0.3, 0.4) is 0 Å². The lowest BCUT2D eigenvalue weighted by Gasteiger charge is -2.15. The predicted octanol–water partition coefficient (Wildman–Crippen LogP) is 1.92. The monoisotopic (exact) mass is 388 g/mol. The molecule has 0 spiro atoms. The van der Waals surface area contributed by atoms with Gasteiger partial charge in [-0.05, 0) is 18.9 Å². The Morgan fingerprint density at radius 3 is 3.07 bits per heavy atom. The second-order valence-electron chi connectivity index (χ2n) is 6.94. The molecule has 1 aliphatic carbocycles. The molecule has 2 aromatic rings. The molecule has 144 valence electrons. The molecule has 1 aliphatic heterocycles. The summed E-state index contributed by atoms with van der Waals surface area (Å²) < 4.78 is 7.42. The van der Waals surface area contributed by atoms with Crippen LogP contribution >= 0.6 is 11.8 Å².